The van der Waals surface area contributed by atoms with Crippen LogP contribution in [-0.4, -0.2) is 37.2 Å². The summed E-state index contributed by atoms with van der Waals surface area (Å²) in [4.78, 5) is 38.3. The molecule has 0 radical (unpaired) electrons. The molecule has 0 aromatic carbocycles. The van der Waals surface area contributed by atoms with Crippen molar-refractivity contribution < 1.29 is 28.6 Å². The van der Waals surface area contributed by atoms with Gasteiger partial charge in [0.2, 0.25) is 0 Å². The smallest absolute Gasteiger partial charge is 0.306 e. The second-order valence-corrected chi connectivity index (χ2v) is 23.5. The number of unbranched alkanes of at least 4 members (excludes halogenated alkanes) is 49. The Labute approximate surface area is 474 Å². The summed E-state index contributed by atoms with van der Waals surface area (Å²) in [6.45, 7) is 6.67. The molecular formula is C70H132O6. The van der Waals surface area contributed by atoms with Crippen LogP contribution in [0.25, 0.3) is 0 Å². The van der Waals surface area contributed by atoms with Gasteiger partial charge in [0.15, 0.2) is 6.10 Å². The molecule has 0 heterocycles. The van der Waals surface area contributed by atoms with Gasteiger partial charge >= 0.3 is 17.9 Å². The first-order chi connectivity index (χ1) is 37.5. The molecule has 0 aliphatic heterocycles. The lowest BCUT2D eigenvalue weighted by Crippen LogP contribution is -2.30. The fourth-order valence-corrected chi connectivity index (χ4v) is 10.5. The minimum atomic E-state index is -0.774. The summed E-state index contributed by atoms with van der Waals surface area (Å²) in [6.07, 6.45) is 79.4. The molecule has 0 aliphatic carbocycles. The largest absolute Gasteiger partial charge is 0.462 e. The van der Waals surface area contributed by atoms with Crippen molar-refractivity contribution in [2.45, 2.75) is 393 Å². The molecule has 6 heteroatoms. The Morgan fingerprint density at radius 2 is 0.474 bits per heavy atom. The first-order valence-corrected chi connectivity index (χ1v) is 34.3. The summed E-state index contributed by atoms with van der Waals surface area (Å²) in [5.41, 5.74) is 0. The maximum absolute atomic E-state index is 12.9. The van der Waals surface area contributed by atoms with Crippen LogP contribution in [0.5, 0.6) is 0 Å². The lowest BCUT2D eigenvalue weighted by molar-refractivity contribution is -0.167. The standard InChI is InChI=1S/C70H132O6/c1-4-7-10-13-16-19-22-25-27-28-29-30-31-32-33-34-35-36-37-38-39-40-41-42-44-45-48-51-54-57-60-63-69(72)75-66-67(65-74-68(71)62-59-56-53-50-47-24-21-18-15-12-9-6-3)76-70(73)64-61-58-55-52-49-46-43-26-23-20-17-14-11-8-5-2/h17,20,26,43,67H,4-16,18-19,21-25,27-42,44-66H2,1-3H3/b20-17-,43-26-. The fraction of sp³-hybridized carbons (Fsp3) is 0.900. The molecule has 0 N–H and O–H groups in total. The average molecular weight is 1070 g/mol. The van der Waals surface area contributed by atoms with Gasteiger partial charge in [-0.25, -0.2) is 0 Å². The van der Waals surface area contributed by atoms with Crippen molar-refractivity contribution in [2.75, 3.05) is 13.2 Å². The quantitative estimate of drug-likeness (QED) is 0.0261. The highest BCUT2D eigenvalue weighted by molar-refractivity contribution is 5.71. The lowest BCUT2D eigenvalue weighted by atomic mass is 10.0. The van der Waals surface area contributed by atoms with Crippen LogP contribution in [0.1, 0.15) is 387 Å². The number of hydrogen-bond acceptors (Lipinski definition) is 6. The summed E-state index contributed by atoms with van der Waals surface area (Å²) in [7, 11) is 0. The number of carbonyl (C=O) groups is 3. The van der Waals surface area contributed by atoms with E-state index in [1.807, 2.05) is 0 Å². The van der Waals surface area contributed by atoms with Gasteiger partial charge in [0, 0.05) is 19.3 Å². The van der Waals surface area contributed by atoms with E-state index < -0.39 is 6.10 Å². The Hall–Kier alpha value is -2.11. The van der Waals surface area contributed by atoms with E-state index in [-0.39, 0.29) is 31.1 Å². The predicted octanol–water partition coefficient (Wildman–Crippen LogP) is 23.4. The monoisotopic (exact) mass is 1070 g/mol. The SMILES string of the molecule is CCCCC/C=C\C/C=C\CCCCCCCC(=O)OC(COC(=O)CCCCCCCCCCCCCC)COC(=O)CCCCCCCCCCCCCCCCCCCCCCCCCCCCCCCCC. The Morgan fingerprint density at radius 3 is 0.750 bits per heavy atom. The number of esters is 3. The summed E-state index contributed by atoms with van der Waals surface area (Å²) in [5.74, 6) is -0.859. The van der Waals surface area contributed by atoms with Gasteiger partial charge < -0.3 is 14.2 Å². The third-order valence-corrected chi connectivity index (χ3v) is 15.7. The van der Waals surface area contributed by atoms with E-state index in [9.17, 15) is 14.4 Å². The number of rotatable bonds is 64. The molecule has 0 saturated heterocycles. The average Bonchev–Trinajstić information content (AvgIpc) is 3.42. The maximum atomic E-state index is 12.9. The normalized spacial score (nSPS) is 12.1. The minimum absolute atomic E-state index is 0.0712. The molecule has 0 aromatic heterocycles. The number of hydrogen-bond donors (Lipinski definition) is 0. The van der Waals surface area contributed by atoms with Crippen molar-refractivity contribution in [2.24, 2.45) is 0 Å². The third-order valence-electron chi connectivity index (χ3n) is 15.7. The van der Waals surface area contributed by atoms with Crippen LogP contribution >= 0.6 is 0 Å². The molecule has 0 amide bonds. The summed E-state index contributed by atoms with van der Waals surface area (Å²) in [6, 6.07) is 0. The van der Waals surface area contributed by atoms with Gasteiger partial charge in [0.25, 0.3) is 0 Å². The van der Waals surface area contributed by atoms with Crippen LogP contribution in [0.4, 0.5) is 0 Å². The van der Waals surface area contributed by atoms with Gasteiger partial charge in [-0.1, -0.05) is 340 Å². The molecular weight excluding hydrogens is 937 g/mol. The minimum Gasteiger partial charge on any atom is -0.462 e. The topological polar surface area (TPSA) is 78.9 Å². The second-order valence-electron chi connectivity index (χ2n) is 23.5. The maximum Gasteiger partial charge on any atom is 0.306 e. The van der Waals surface area contributed by atoms with Crippen LogP contribution in [0.3, 0.4) is 0 Å². The highest BCUT2D eigenvalue weighted by Gasteiger charge is 2.19. The summed E-state index contributed by atoms with van der Waals surface area (Å²) in [5, 5.41) is 0. The summed E-state index contributed by atoms with van der Waals surface area (Å²) < 4.78 is 16.9. The van der Waals surface area contributed by atoms with Crippen molar-refractivity contribution in [3.05, 3.63) is 24.3 Å². The molecule has 0 fully saturated rings. The Kier molecular flexibility index (Phi) is 63.6. The molecule has 1 atom stereocenters. The lowest BCUT2D eigenvalue weighted by Gasteiger charge is -2.18. The molecule has 0 aromatic rings. The third kappa shape index (κ3) is 62.7. The van der Waals surface area contributed by atoms with E-state index in [4.69, 9.17) is 14.2 Å². The number of allylic oxidation sites excluding steroid dienone is 4. The van der Waals surface area contributed by atoms with Crippen LogP contribution in [0.2, 0.25) is 0 Å². The highest BCUT2D eigenvalue weighted by atomic mass is 16.6. The van der Waals surface area contributed by atoms with Gasteiger partial charge in [-0.15, -0.1) is 0 Å². The van der Waals surface area contributed by atoms with E-state index in [1.54, 1.807) is 0 Å². The van der Waals surface area contributed by atoms with Crippen molar-refractivity contribution in [3.8, 4) is 0 Å². The second kappa shape index (κ2) is 65.4. The zero-order valence-electron chi connectivity index (χ0n) is 51.6. The van der Waals surface area contributed by atoms with Crippen molar-refractivity contribution in [1.29, 1.82) is 0 Å². The Morgan fingerprint density at radius 1 is 0.263 bits per heavy atom. The van der Waals surface area contributed by atoms with Crippen LogP contribution in [0.15, 0.2) is 24.3 Å². The van der Waals surface area contributed by atoms with E-state index in [0.29, 0.717) is 19.3 Å². The molecule has 1 unspecified atom stereocenters. The summed E-state index contributed by atoms with van der Waals surface area (Å²) >= 11 is 0. The van der Waals surface area contributed by atoms with Gasteiger partial charge in [0.1, 0.15) is 13.2 Å². The van der Waals surface area contributed by atoms with Crippen LogP contribution in [-0.2, 0) is 28.6 Å². The molecule has 0 saturated carbocycles. The van der Waals surface area contributed by atoms with Gasteiger partial charge in [-0.2, -0.15) is 0 Å². The molecule has 0 spiro atoms. The fourth-order valence-electron chi connectivity index (χ4n) is 10.5. The van der Waals surface area contributed by atoms with Crippen molar-refractivity contribution in [1.82, 2.24) is 0 Å². The van der Waals surface area contributed by atoms with Gasteiger partial charge in [0.05, 0.1) is 0 Å². The first-order valence-electron chi connectivity index (χ1n) is 34.3. The first kappa shape index (κ1) is 73.9. The Balaban J connectivity index is 4.08. The van der Waals surface area contributed by atoms with Crippen molar-refractivity contribution in [3.63, 3.8) is 0 Å². The van der Waals surface area contributed by atoms with E-state index in [1.165, 1.54) is 270 Å². The van der Waals surface area contributed by atoms with Crippen molar-refractivity contribution >= 4 is 17.9 Å². The predicted molar refractivity (Wildman–Crippen MR) is 330 cm³/mol. The van der Waals surface area contributed by atoms with E-state index in [0.717, 1.165) is 77.0 Å². The zero-order valence-corrected chi connectivity index (χ0v) is 51.6. The molecule has 0 bridgehead atoms. The van der Waals surface area contributed by atoms with Crippen LogP contribution in [0, 0.1) is 0 Å². The number of carbonyl (C=O) groups excluding carboxylic acids is 3. The molecule has 76 heavy (non-hydrogen) atoms. The molecule has 6 nitrogen and oxygen atoms in total. The zero-order chi connectivity index (χ0) is 55.0. The molecule has 0 aliphatic rings. The van der Waals surface area contributed by atoms with Crippen LogP contribution < -0.4 is 0 Å². The van der Waals surface area contributed by atoms with Gasteiger partial charge in [-0.05, 0) is 51.4 Å². The van der Waals surface area contributed by atoms with E-state index >= 15 is 0 Å². The molecule has 0 rings (SSSR count). The Bertz CT molecular complexity index is 1230. The van der Waals surface area contributed by atoms with Gasteiger partial charge in [-0.3, -0.25) is 14.4 Å². The highest BCUT2D eigenvalue weighted by Crippen LogP contribution is 2.19. The number of ether oxygens (including phenoxy) is 3. The van der Waals surface area contributed by atoms with E-state index in [2.05, 4.69) is 45.1 Å². The molecule has 448 valence electrons.